The van der Waals surface area contributed by atoms with Gasteiger partial charge in [0, 0.05) is 6.07 Å². The summed E-state index contributed by atoms with van der Waals surface area (Å²) >= 11 is -1.72. The van der Waals surface area contributed by atoms with Crippen LogP contribution < -0.4 is 0 Å². The first kappa shape index (κ1) is 13.4. The molecule has 72 valence electrons. The van der Waals surface area contributed by atoms with Crippen molar-refractivity contribution < 1.29 is 13.2 Å². The molecular formula is C6H3AlCl3F3. The molecule has 0 aliphatic rings. The zero-order chi connectivity index (χ0) is 10.4. The third kappa shape index (κ3) is 7.48. The van der Waals surface area contributed by atoms with E-state index in [1.807, 2.05) is 0 Å². The van der Waals surface area contributed by atoms with E-state index in [-0.39, 0.29) is 0 Å². The number of rotatable bonds is 0. The zero-order valence-corrected chi connectivity index (χ0v) is 9.50. The summed E-state index contributed by atoms with van der Waals surface area (Å²) in [5.41, 5.74) is 0. The Labute approximate surface area is 90.2 Å². The molecule has 13 heavy (non-hydrogen) atoms. The van der Waals surface area contributed by atoms with Gasteiger partial charge in [-0.3, -0.25) is 0 Å². The largest absolute Gasteiger partial charge is 0.643 e. The number of halogens is 6. The molecule has 0 radical (unpaired) electrons. The van der Waals surface area contributed by atoms with Gasteiger partial charge in [0.2, 0.25) is 0 Å². The summed E-state index contributed by atoms with van der Waals surface area (Å²) in [7, 11) is 14.8. The Hall–Kier alpha value is 0.412. The third-order valence-electron chi connectivity index (χ3n) is 0.882. The topological polar surface area (TPSA) is 0 Å². The van der Waals surface area contributed by atoms with E-state index in [9.17, 15) is 13.2 Å². The molecule has 0 N–H and O–H groups in total. The number of hydrogen-bond donors (Lipinski definition) is 0. The van der Waals surface area contributed by atoms with Crippen LogP contribution in [0.4, 0.5) is 13.2 Å². The van der Waals surface area contributed by atoms with Gasteiger partial charge in [0.1, 0.15) is 5.82 Å². The molecule has 0 unspecified atom stereocenters. The molecule has 0 heterocycles. The first-order valence-electron chi connectivity index (χ1n) is 2.96. The molecule has 0 saturated heterocycles. The van der Waals surface area contributed by atoms with Crippen LogP contribution in [-0.2, 0) is 0 Å². The van der Waals surface area contributed by atoms with Gasteiger partial charge in [0.25, 0.3) is 0 Å². The van der Waals surface area contributed by atoms with E-state index in [0.29, 0.717) is 6.07 Å². The van der Waals surface area contributed by atoms with Crippen LogP contribution in [0, 0.1) is 17.5 Å². The summed E-state index contributed by atoms with van der Waals surface area (Å²) in [5.74, 6) is -2.96. The van der Waals surface area contributed by atoms with Crippen LogP contribution in [-0.4, -0.2) is 11.4 Å². The molecule has 1 aromatic carbocycles. The van der Waals surface area contributed by atoms with Crippen molar-refractivity contribution in [2.24, 2.45) is 0 Å². The lowest BCUT2D eigenvalue weighted by atomic mass is 10.3. The molecule has 0 fully saturated rings. The van der Waals surface area contributed by atoms with Gasteiger partial charge < -0.3 is 0 Å². The lowest BCUT2D eigenvalue weighted by molar-refractivity contribution is 0.495. The van der Waals surface area contributed by atoms with Crippen molar-refractivity contribution >= 4 is 41.5 Å². The average molecular weight is 265 g/mol. The molecule has 0 nitrogen and oxygen atoms in total. The molecule has 7 heteroatoms. The maximum Gasteiger partial charge on any atom is 0.643 e. The fourth-order valence-electron chi connectivity index (χ4n) is 0.470. The molecule has 0 atom stereocenters. The Kier molecular flexibility index (Phi) is 7.02. The van der Waals surface area contributed by atoms with Crippen LogP contribution in [0.2, 0.25) is 0 Å². The highest BCUT2D eigenvalue weighted by Crippen LogP contribution is 2.05. The molecule has 1 rings (SSSR count). The van der Waals surface area contributed by atoms with E-state index in [0.717, 1.165) is 12.1 Å². The van der Waals surface area contributed by atoms with Crippen molar-refractivity contribution in [2.45, 2.75) is 0 Å². The van der Waals surface area contributed by atoms with Crippen LogP contribution in [0.3, 0.4) is 0 Å². The third-order valence-corrected chi connectivity index (χ3v) is 0.882. The highest BCUT2D eigenvalue weighted by Gasteiger charge is 2.00. The van der Waals surface area contributed by atoms with Crippen molar-refractivity contribution in [1.82, 2.24) is 0 Å². The zero-order valence-electron chi connectivity index (χ0n) is 6.08. The lowest BCUT2D eigenvalue weighted by Gasteiger charge is -1.88. The fraction of sp³-hybridized carbons (Fsp3) is 0. The molecule has 0 bridgehead atoms. The van der Waals surface area contributed by atoms with Gasteiger partial charge in [0.05, 0.1) is 0 Å². The summed E-state index contributed by atoms with van der Waals surface area (Å²) in [5, 5.41) is 0. The number of benzene rings is 1. The molecule has 0 amide bonds. The minimum Gasteiger partial charge on any atom is -0.214 e. The smallest absolute Gasteiger partial charge is 0.214 e. The second-order valence-corrected chi connectivity index (χ2v) is 8.24. The molecule has 0 aliphatic heterocycles. The van der Waals surface area contributed by atoms with Gasteiger partial charge in [-0.05, 0) is 12.1 Å². The van der Waals surface area contributed by atoms with Crippen molar-refractivity contribution in [3.8, 4) is 0 Å². The maximum absolute atomic E-state index is 12.0. The van der Waals surface area contributed by atoms with Gasteiger partial charge in [-0.2, -0.15) is 0 Å². The van der Waals surface area contributed by atoms with Crippen LogP contribution >= 0.6 is 30.1 Å². The first-order chi connectivity index (χ1) is 5.93. The predicted octanol–water partition coefficient (Wildman–Crippen LogP) is 3.79. The monoisotopic (exact) mass is 264 g/mol. The fourth-order valence-corrected chi connectivity index (χ4v) is 0.470. The second-order valence-electron chi connectivity index (χ2n) is 1.81. The van der Waals surface area contributed by atoms with Crippen molar-refractivity contribution in [2.75, 3.05) is 0 Å². The first-order valence-corrected chi connectivity index (χ1v) is 8.20. The minimum atomic E-state index is -1.72. The maximum atomic E-state index is 12.0. The molecule has 0 spiro atoms. The van der Waals surface area contributed by atoms with Crippen molar-refractivity contribution in [1.29, 1.82) is 0 Å². The molecule has 1 aromatic rings. The average Bonchev–Trinajstić information content (AvgIpc) is 1.96. The normalized spacial score (nSPS) is 8.77. The highest BCUT2D eigenvalue weighted by molar-refractivity contribution is 7.54. The van der Waals surface area contributed by atoms with Crippen molar-refractivity contribution in [3.05, 3.63) is 35.7 Å². The lowest BCUT2D eigenvalue weighted by Crippen LogP contribution is -1.83. The second kappa shape index (κ2) is 6.81. The van der Waals surface area contributed by atoms with E-state index in [2.05, 4.69) is 0 Å². The summed E-state index contributed by atoms with van der Waals surface area (Å²) in [6.07, 6.45) is 0. The van der Waals surface area contributed by atoms with Crippen molar-refractivity contribution in [3.63, 3.8) is 0 Å². The van der Waals surface area contributed by atoms with E-state index in [1.165, 1.54) is 0 Å². The summed E-state index contributed by atoms with van der Waals surface area (Å²) in [6, 6.07) is 2.10. The summed E-state index contributed by atoms with van der Waals surface area (Å²) in [6.45, 7) is 0. The quantitative estimate of drug-likeness (QED) is 0.494. The molecule has 0 aliphatic carbocycles. The number of hydrogen-bond acceptors (Lipinski definition) is 0. The standard InChI is InChI=1S/C6H3F3.Al.3ClH/c7-4-1-2-5(8)6(9)3-4;;;;/h1-3H;;3*1H/q;+3;;;/p-3. The SMILES string of the molecule is Fc1ccc(F)c(F)c1.[Cl][Al]([Cl])[Cl]. The Balaban J connectivity index is 0.000000310. The van der Waals surface area contributed by atoms with Crippen LogP contribution in [0.5, 0.6) is 0 Å². The van der Waals surface area contributed by atoms with Crippen LogP contribution in [0.1, 0.15) is 0 Å². The Morgan fingerprint density at radius 1 is 0.923 bits per heavy atom. The highest BCUT2D eigenvalue weighted by atomic mass is 35.8. The summed E-state index contributed by atoms with van der Waals surface area (Å²) in [4.78, 5) is 0. The molecule has 0 saturated carbocycles. The Morgan fingerprint density at radius 2 is 1.38 bits per heavy atom. The van der Waals surface area contributed by atoms with Gasteiger partial charge >= 0.3 is 11.4 Å². The van der Waals surface area contributed by atoms with Gasteiger partial charge in [0.15, 0.2) is 11.6 Å². The summed E-state index contributed by atoms with van der Waals surface area (Å²) < 4.78 is 35.9. The van der Waals surface area contributed by atoms with E-state index >= 15 is 0 Å². The van der Waals surface area contributed by atoms with Gasteiger partial charge in [-0.15, -0.1) is 0 Å². The van der Waals surface area contributed by atoms with E-state index in [1.54, 1.807) is 0 Å². The minimum absolute atomic E-state index is 0.495. The van der Waals surface area contributed by atoms with Crippen LogP contribution in [0.15, 0.2) is 18.2 Å². The van der Waals surface area contributed by atoms with E-state index in [4.69, 9.17) is 30.1 Å². The predicted molar refractivity (Wildman–Crippen MR) is 49.6 cm³/mol. The Bertz CT molecular complexity index is 267. The molecule has 0 aromatic heterocycles. The molecular weight excluding hydrogens is 262 g/mol. The van der Waals surface area contributed by atoms with Gasteiger partial charge in [-0.1, -0.05) is 0 Å². The van der Waals surface area contributed by atoms with Gasteiger partial charge in [-0.25, -0.2) is 43.3 Å². The van der Waals surface area contributed by atoms with E-state index < -0.39 is 28.8 Å². The van der Waals surface area contributed by atoms with Crippen LogP contribution in [0.25, 0.3) is 0 Å². The Morgan fingerprint density at radius 3 is 1.69 bits per heavy atom.